The molecule has 0 saturated carbocycles. The molecule has 1 fully saturated rings. The molecule has 1 aliphatic rings. The Morgan fingerprint density at radius 2 is 1.88 bits per heavy atom. The van der Waals surface area contributed by atoms with Crippen LogP contribution in [-0.4, -0.2) is 54.8 Å². The number of aromatic nitrogens is 2. The van der Waals surface area contributed by atoms with Crippen molar-refractivity contribution in [2.45, 2.75) is 27.2 Å². The van der Waals surface area contributed by atoms with Crippen LogP contribution in [0.1, 0.15) is 25.1 Å². The molecule has 3 aromatic rings. The molecule has 0 radical (unpaired) electrons. The number of hydrogen-bond acceptors (Lipinski definition) is 6. The van der Waals surface area contributed by atoms with Crippen molar-refractivity contribution in [1.82, 2.24) is 9.38 Å². The zero-order valence-corrected chi connectivity index (χ0v) is 18.9. The number of hydrogen-bond donors (Lipinski definition) is 1. The first-order chi connectivity index (χ1) is 15.6. The highest BCUT2D eigenvalue weighted by Gasteiger charge is 2.20. The second-order valence-electron chi connectivity index (χ2n) is 7.71. The molecule has 1 aromatic carbocycles. The summed E-state index contributed by atoms with van der Waals surface area (Å²) in [4.78, 5) is 19.6. The van der Waals surface area contributed by atoms with Crippen LogP contribution in [0.5, 0.6) is 11.5 Å². The molecule has 1 amide bonds. The monoisotopic (exact) mass is 438 g/mol. The van der Waals surface area contributed by atoms with E-state index in [0.29, 0.717) is 43.6 Å². The van der Waals surface area contributed by atoms with E-state index in [4.69, 9.17) is 14.2 Å². The summed E-state index contributed by atoms with van der Waals surface area (Å²) in [6.45, 7) is 9.82. The third-order valence-electron chi connectivity index (χ3n) is 5.29. The molecule has 2 aromatic heterocycles. The number of amides is 1. The molecule has 170 valence electrons. The molecular formula is C24H30N4O4. The first kappa shape index (κ1) is 22.0. The minimum atomic E-state index is -0.160. The van der Waals surface area contributed by atoms with Crippen LogP contribution in [0.4, 0.5) is 11.4 Å². The summed E-state index contributed by atoms with van der Waals surface area (Å²) in [6.07, 6.45) is 4.00. The molecule has 0 spiro atoms. The van der Waals surface area contributed by atoms with Crippen LogP contribution in [-0.2, 0) is 16.0 Å². The Labute approximate surface area is 188 Å². The van der Waals surface area contributed by atoms with Crippen molar-refractivity contribution in [2.24, 2.45) is 0 Å². The predicted molar refractivity (Wildman–Crippen MR) is 124 cm³/mol. The van der Waals surface area contributed by atoms with E-state index in [2.05, 4.69) is 15.2 Å². The van der Waals surface area contributed by atoms with Crippen molar-refractivity contribution in [1.29, 1.82) is 0 Å². The van der Waals surface area contributed by atoms with E-state index in [0.717, 1.165) is 35.7 Å². The number of imidazole rings is 1. The highest BCUT2D eigenvalue weighted by atomic mass is 16.5. The molecule has 32 heavy (non-hydrogen) atoms. The fraction of sp³-hybridized carbons (Fsp3) is 0.417. The van der Waals surface area contributed by atoms with Crippen molar-refractivity contribution < 1.29 is 19.0 Å². The number of pyridine rings is 1. The highest BCUT2D eigenvalue weighted by Crippen LogP contribution is 2.39. The Balaban J connectivity index is 1.57. The molecule has 1 saturated heterocycles. The van der Waals surface area contributed by atoms with Gasteiger partial charge in [-0.1, -0.05) is 0 Å². The fourth-order valence-electron chi connectivity index (χ4n) is 3.82. The number of carbonyl (C=O) groups excluding carboxylic acids is 1. The zero-order chi connectivity index (χ0) is 22.5. The van der Waals surface area contributed by atoms with Gasteiger partial charge in [0, 0.05) is 37.6 Å². The number of nitrogens with one attached hydrogen (secondary N) is 1. The lowest BCUT2D eigenvalue weighted by molar-refractivity contribution is -0.115. The summed E-state index contributed by atoms with van der Waals surface area (Å²) in [6, 6.07) is 7.80. The van der Waals surface area contributed by atoms with Gasteiger partial charge in [-0.2, -0.15) is 0 Å². The van der Waals surface area contributed by atoms with Crippen molar-refractivity contribution in [2.75, 3.05) is 49.7 Å². The van der Waals surface area contributed by atoms with Crippen molar-refractivity contribution >= 4 is 22.9 Å². The highest BCUT2D eigenvalue weighted by molar-refractivity contribution is 5.94. The van der Waals surface area contributed by atoms with Crippen LogP contribution in [0.25, 0.3) is 5.65 Å². The van der Waals surface area contributed by atoms with Crippen LogP contribution in [0, 0.1) is 6.92 Å². The largest absolute Gasteiger partial charge is 0.492 e. The third kappa shape index (κ3) is 4.96. The van der Waals surface area contributed by atoms with Crippen molar-refractivity contribution in [3.63, 3.8) is 0 Å². The number of aryl methyl sites for hydroxylation is 1. The molecule has 1 N–H and O–H groups in total. The van der Waals surface area contributed by atoms with E-state index in [9.17, 15) is 4.79 Å². The average molecular weight is 439 g/mol. The van der Waals surface area contributed by atoms with Gasteiger partial charge in [-0.15, -0.1) is 0 Å². The van der Waals surface area contributed by atoms with Gasteiger partial charge in [-0.05, 0) is 38.5 Å². The number of carbonyl (C=O) groups is 1. The van der Waals surface area contributed by atoms with Gasteiger partial charge in [-0.3, -0.25) is 4.79 Å². The fourth-order valence-corrected chi connectivity index (χ4v) is 3.82. The smallest absolute Gasteiger partial charge is 0.230 e. The second kappa shape index (κ2) is 9.91. The molecule has 0 unspecified atom stereocenters. The summed E-state index contributed by atoms with van der Waals surface area (Å²) in [5.74, 6) is 1.18. The minimum Gasteiger partial charge on any atom is -0.492 e. The van der Waals surface area contributed by atoms with Crippen LogP contribution < -0.4 is 19.7 Å². The molecule has 0 atom stereocenters. The van der Waals surface area contributed by atoms with Crippen LogP contribution in [0.3, 0.4) is 0 Å². The number of fused-ring (bicyclic) bond motifs is 1. The lowest BCUT2D eigenvalue weighted by atomic mass is 10.2. The summed E-state index contributed by atoms with van der Waals surface area (Å²) >= 11 is 0. The first-order valence-corrected chi connectivity index (χ1v) is 11.1. The molecular weight excluding hydrogens is 408 g/mol. The third-order valence-corrected chi connectivity index (χ3v) is 5.29. The number of anilines is 2. The van der Waals surface area contributed by atoms with Gasteiger partial charge < -0.3 is 28.8 Å². The van der Waals surface area contributed by atoms with Crippen molar-refractivity contribution in [3.8, 4) is 11.5 Å². The molecule has 0 bridgehead atoms. The van der Waals surface area contributed by atoms with Gasteiger partial charge in [0.15, 0.2) is 0 Å². The van der Waals surface area contributed by atoms with Crippen LogP contribution >= 0.6 is 0 Å². The number of nitrogens with zero attached hydrogens (tertiary/aromatic N) is 3. The number of rotatable bonds is 8. The van der Waals surface area contributed by atoms with E-state index in [1.54, 1.807) is 0 Å². The average Bonchev–Trinajstić information content (AvgIpc) is 3.17. The quantitative estimate of drug-likeness (QED) is 0.580. The summed E-state index contributed by atoms with van der Waals surface area (Å²) < 4.78 is 19.2. The molecule has 8 nitrogen and oxygen atoms in total. The second-order valence-corrected chi connectivity index (χ2v) is 7.71. The van der Waals surface area contributed by atoms with E-state index < -0.39 is 0 Å². The van der Waals surface area contributed by atoms with Crippen molar-refractivity contribution in [3.05, 3.63) is 47.9 Å². The lowest BCUT2D eigenvalue weighted by Gasteiger charge is -2.31. The topological polar surface area (TPSA) is 77.3 Å². The first-order valence-electron chi connectivity index (χ1n) is 11.1. The molecule has 3 heterocycles. The van der Waals surface area contributed by atoms with Gasteiger partial charge in [-0.25, -0.2) is 4.98 Å². The normalized spacial score (nSPS) is 13.9. The SMILES string of the molecule is CCOc1cc(N2CCOCC2)c(OCC)cc1NC(=O)Cc1cn2ccc(C)cc2n1. The van der Waals surface area contributed by atoms with E-state index in [1.165, 1.54) is 0 Å². The predicted octanol–water partition coefficient (Wildman–Crippen LogP) is 3.46. The standard InChI is InChI=1S/C24H30N4O4/c1-4-31-21-15-20(27-8-10-30-11-9-27)22(32-5-2)14-19(21)26-24(29)13-18-16-28-7-6-17(3)12-23(28)25-18/h6-7,12,14-16H,4-5,8-11,13H2,1-3H3,(H,26,29). The van der Waals surface area contributed by atoms with E-state index >= 15 is 0 Å². The summed E-state index contributed by atoms with van der Waals surface area (Å²) in [7, 11) is 0. The molecule has 0 aliphatic carbocycles. The Kier molecular flexibility index (Phi) is 6.80. The maximum Gasteiger partial charge on any atom is 0.230 e. The number of morpholine rings is 1. The van der Waals surface area contributed by atoms with Gasteiger partial charge in [0.1, 0.15) is 17.1 Å². The Bertz CT molecular complexity index is 1090. The maximum absolute atomic E-state index is 12.9. The van der Waals surface area contributed by atoms with Crippen LogP contribution in [0.15, 0.2) is 36.7 Å². The Morgan fingerprint density at radius 1 is 1.12 bits per heavy atom. The van der Waals surface area contributed by atoms with Gasteiger partial charge in [0.25, 0.3) is 0 Å². The van der Waals surface area contributed by atoms with E-state index in [-0.39, 0.29) is 12.3 Å². The molecule has 8 heteroatoms. The Hall–Kier alpha value is -3.26. The van der Waals surface area contributed by atoms with Crippen LogP contribution in [0.2, 0.25) is 0 Å². The molecule has 4 rings (SSSR count). The number of benzene rings is 1. The number of ether oxygens (including phenoxy) is 3. The van der Waals surface area contributed by atoms with Gasteiger partial charge >= 0.3 is 0 Å². The van der Waals surface area contributed by atoms with Gasteiger partial charge in [0.05, 0.1) is 49.9 Å². The zero-order valence-electron chi connectivity index (χ0n) is 18.9. The molecule has 1 aliphatic heterocycles. The summed E-state index contributed by atoms with van der Waals surface area (Å²) in [5.41, 5.74) is 4.21. The van der Waals surface area contributed by atoms with E-state index in [1.807, 2.05) is 61.8 Å². The van der Waals surface area contributed by atoms with Gasteiger partial charge in [0.2, 0.25) is 5.91 Å². The minimum absolute atomic E-state index is 0.160. The maximum atomic E-state index is 12.9. The lowest BCUT2D eigenvalue weighted by Crippen LogP contribution is -2.36. The summed E-state index contributed by atoms with van der Waals surface area (Å²) in [5, 5.41) is 2.99. The Morgan fingerprint density at radius 3 is 2.62 bits per heavy atom.